The van der Waals surface area contributed by atoms with Crippen LogP contribution in [-0.2, 0) is 9.47 Å². The maximum Gasteiger partial charge on any atom is 0.122 e. The minimum Gasteiger partial charge on any atom is -0.379 e. The van der Waals surface area contributed by atoms with E-state index in [9.17, 15) is 0 Å². The Bertz CT molecular complexity index is 853. The van der Waals surface area contributed by atoms with Crippen molar-refractivity contribution in [1.29, 1.82) is 0 Å². The van der Waals surface area contributed by atoms with Crippen LogP contribution in [0, 0.1) is 52.3 Å². The lowest BCUT2D eigenvalue weighted by Crippen LogP contribution is -2.58. The number of morpholine rings is 1. The summed E-state index contributed by atoms with van der Waals surface area (Å²) in [4.78, 5) is 2.57. The second kappa shape index (κ2) is 9.96. The number of piperidine rings is 1. The summed E-state index contributed by atoms with van der Waals surface area (Å²) < 4.78 is 12.6. The van der Waals surface area contributed by atoms with E-state index in [-0.39, 0.29) is 5.72 Å². The fraction of sp³-hybridized carbons (Fsp3) is 1.00. The van der Waals surface area contributed by atoms with Gasteiger partial charge in [0, 0.05) is 44.7 Å². The summed E-state index contributed by atoms with van der Waals surface area (Å²) in [5.74, 6) is 5.91. The molecule has 1 spiro atoms. The molecule has 3 aliphatic heterocycles. The maximum absolute atomic E-state index is 7.11. The Hall–Kier alpha value is -0.200. The van der Waals surface area contributed by atoms with Crippen LogP contribution in [0.1, 0.15) is 91.9 Å². The van der Waals surface area contributed by atoms with Gasteiger partial charge in [-0.15, -0.1) is 0 Å². The number of hydrogen-bond donors (Lipinski definition) is 2. The summed E-state index contributed by atoms with van der Waals surface area (Å²) in [6, 6.07) is 0.738. The number of fused-ring (bicyclic) bond motifs is 7. The molecule has 0 aromatic heterocycles. The lowest BCUT2D eigenvalue weighted by molar-refractivity contribution is -0.134. The van der Waals surface area contributed by atoms with E-state index in [2.05, 4.69) is 43.2 Å². The van der Waals surface area contributed by atoms with E-state index >= 15 is 0 Å². The molecule has 38 heavy (non-hydrogen) atoms. The van der Waals surface area contributed by atoms with Crippen LogP contribution >= 0.6 is 0 Å². The highest BCUT2D eigenvalue weighted by atomic mass is 16.5. The Morgan fingerprint density at radius 3 is 2.50 bits per heavy atom. The molecule has 12 atom stereocenters. The molecule has 2 N–H and O–H groups in total. The molecule has 7 rings (SSSR count). The van der Waals surface area contributed by atoms with Crippen LogP contribution in [0.15, 0.2) is 0 Å². The van der Waals surface area contributed by atoms with Crippen LogP contribution in [0.25, 0.3) is 0 Å². The van der Waals surface area contributed by atoms with Gasteiger partial charge in [-0.1, -0.05) is 27.7 Å². The molecule has 4 saturated carbocycles. The molecule has 0 aromatic rings. The average Bonchev–Trinajstić information content (AvgIpc) is 3.36. The van der Waals surface area contributed by atoms with Crippen molar-refractivity contribution in [3.05, 3.63) is 0 Å². The number of hydrogen-bond acceptors (Lipinski definition) is 5. The SMILES string of the molecule is C[C@H]1CC[C@]2(NC1)O[C@H]1C[C@H]3[C@@H]4CC[C@H]5CC(NCCN6CCOCC6)CC[C@]5(C)[C@H]4CC[C@]3(C)[C@H]1[C@@H]2C. The van der Waals surface area contributed by atoms with E-state index < -0.39 is 0 Å². The van der Waals surface area contributed by atoms with Crippen molar-refractivity contribution in [1.82, 2.24) is 15.5 Å². The Morgan fingerprint density at radius 2 is 1.71 bits per heavy atom. The Kier molecular flexibility index (Phi) is 7.00. The third-order valence-electron chi connectivity index (χ3n) is 14.1. The molecule has 0 aromatic carbocycles. The fourth-order valence-electron chi connectivity index (χ4n) is 11.9. The van der Waals surface area contributed by atoms with E-state index in [0.29, 0.717) is 22.9 Å². The highest BCUT2D eigenvalue weighted by Crippen LogP contribution is 2.71. The molecule has 0 bridgehead atoms. The van der Waals surface area contributed by atoms with Gasteiger partial charge in [0.05, 0.1) is 19.3 Å². The Labute approximate surface area is 232 Å². The van der Waals surface area contributed by atoms with E-state index in [1.54, 1.807) is 0 Å². The lowest BCUT2D eigenvalue weighted by atomic mass is 9.44. The van der Waals surface area contributed by atoms with Crippen LogP contribution in [0.2, 0.25) is 0 Å². The number of ether oxygens (including phenoxy) is 2. The zero-order valence-electron chi connectivity index (χ0n) is 25.0. The van der Waals surface area contributed by atoms with Crippen molar-refractivity contribution in [3.63, 3.8) is 0 Å². The molecule has 0 amide bonds. The van der Waals surface area contributed by atoms with E-state index in [1.165, 1.54) is 70.8 Å². The maximum atomic E-state index is 7.11. The van der Waals surface area contributed by atoms with Crippen molar-refractivity contribution >= 4 is 0 Å². The summed E-state index contributed by atoms with van der Waals surface area (Å²) in [6.45, 7) is 17.9. The van der Waals surface area contributed by atoms with Gasteiger partial charge in [-0.25, -0.2) is 0 Å². The molecule has 4 aliphatic carbocycles. The van der Waals surface area contributed by atoms with Gasteiger partial charge in [0.1, 0.15) is 5.72 Å². The molecule has 7 aliphatic rings. The normalized spacial score (nSPS) is 54.8. The standard InChI is InChI=1S/C33H57N3O2/c1-22-7-12-33(35-21-22)23(2)30-29(38-33)20-28-26-6-5-24-19-25(34-13-14-36-15-17-37-18-16-36)8-10-31(24,3)27(26)9-11-32(28,30)4/h22-30,34-35H,5-21H2,1-4H3/t22-,23-,24-,25?,26+,27-,28-,29-,30-,31-,32-,33-/m0/s1. The highest BCUT2D eigenvalue weighted by Gasteiger charge is 2.68. The summed E-state index contributed by atoms with van der Waals surface area (Å²) in [6.07, 6.45) is 14.5. The third-order valence-corrected chi connectivity index (χ3v) is 14.1. The first-order chi connectivity index (χ1) is 18.3. The van der Waals surface area contributed by atoms with Crippen molar-refractivity contribution < 1.29 is 9.47 Å². The summed E-state index contributed by atoms with van der Waals surface area (Å²) in [7, 11) is 0. The zero-order chi connectivity index (χ0) is 26.1. The molecular weight excluding hydrogens is 470 g/mol. The molecule has 1 unspecified atom stereocenters. The topological polar surface area (TPSA) is 45.8 Å². The molecule has 0 radical (unpaired) electrons. The summed E-state index contributed by atoms with van der Waals surface area (Å²) >= 11 is 0. The van der Waals surface area contributed by atoms with Crippen LogP contribution in [0.5, 0.6) is 0 Å². The van der Waals surface area contributed by atoms with Crippen LogP contribution in [-0.4, -0.2) is 68.7 Å². The molecule has 3 heterocycles. The first-order valence-corrected chi connectivity index (χ1v) is 16.8. The van der Waals surface area contributed by atoms with Crippen molar-refractivity contribution in [2.75, 3.05) is 45.9 Å². The van der Waals surface area contributed by atoms with Gasteiger partial charge >= 0.3 is 0 Å². The largest absolute Gasteiger partial charge is 0.379 e. The predicted molar refractivity (Wildman–Crippen MR) is 153 cm³/mol. The van der Waals surface area contributed by atoms with Gasteiger partial charge in [0.2, 0.25) is 0 Å². The van der Waals surface area contributed by atoms with Crippen molar-refractivity contribution in [2.24, 2.45) is 52.3 Å². The smallest absolute Gasteiger partial charge is 0.122 e. The molecule has 7 fully saturated rings. The fourth-order valence-corrected chi connectivity index (χ4v) is 11.9. The van der Waals surface area contributed by atoms with E-state index in [0.717, 1.165) is 80.9 Å². The monoisotopic (exact) mass is 527 g/mol. The van der Waals surface area contributed by atoms with Gasteiger partial charge < -0.3 is 14.8 Å². The van der Waals surface area contributed by atoms with Crippen molar-refractivity contribution in [3.8, 4) is 0 Å². The molecule has 216 valence electrons. The predicted octanol–water partition coefficient (Wildman–Crippen LogP) is 5.30. The Morgan fingerprint density at radius 1 is 0.895 bits per heavy atom. The minimum absolute atomic E-state index is 0.0243. The second-order valence-electron chi connectivity index (χ2n) is 15.7. The van der Waals surface area contributed by atoms with Gasteiger partial charge in [-0.2, -0.15) is 0 Å². The van der Waals surface area contributed by atoms with Crippen molar-refractivity contribution in [2.45, 2.75) is 110 Å². The minimum atomic E-state index is -0.0243. The van der Waals surface area contributed by atoms with Gasteiger partial charge in [-0.3, -0.25) is 10.2 Å². The summed E-state index contributed by atoms with van der Waals surface area (Å²) in [5.41, 5.74) is 1.03. The average molecular weight is 528 g/mol. The second-order valence-corrected chi connectivity index (χ2v) is 15.7. The van der Waals surface area contributed by atoms with E-state index in [1.807, 2.05) is 0 Å². The number of rotatable bonds is 4. The Balaban J connectivity index is 0.994. The van der Waals surface area contributed by atoms with Crippen LogP contribution in [0.3, 0.4) is 0 Å². The van der Waals surface area contributed by atoms with Crippen LogP contribution in [0.4, 0.5) is 0 Å². The lowest BCUT2D eigenvalue weighted by Gasteiger charge is -2.61. The first-order valence-electron chi connectivity index (χ1n) is 16.8. The van der Waals surface area contributed by atoms with Gasteiger partial charge in [0.25, 0.3) is 0 Å². The quantitative estimate of drug-likeness (QED) is 0.520. The molecule has 5 heteroatoms. The van der Waals surface area contributed by atoms with Gasteiger partial charge in [0.15, 0.2) is 0 Å². The van der Waals surface area contributed by atoms with Crippen LogP contribution < -0.4 is 10.6 Å². The highest BCUT2D eigenvalue weighted by molar-refractivity contribution is 5.16. The molecular formula is C33H57N3O2. The van der Waals surface area contributed by atoms with E-state index in [4.69, 9.17) is 9.47 Å². The zero-order valence-corrected chi connectivity index (χ0v) is 25.0. The molecule has 5 nitrogen and oxygen atoms in total. The first kappa shape index (κ1) is 26.7. The summed E-state index contributed by atoms with van der Waals surface area (Å²) in [5, 5.41) is 7.93. The van der Waals surface area contributed by atoms with Gasteiger partial charge in [-0.05, 0) is 111 Å². The molecule has 3 saturated heterocycles. The number of nitrogens with zero attached hydrogens (tertiary/aromatic N) is 1. The number of nitrogens with one attached hydrogen (secondary N) is 2. The third kappa shape index (κ3) is 4.18.